The Hall–Kier alpha value is -3.40. The van der Waals surface area contributed by atoms with Crippen LogP contribution in [0, 0.1) is 37.1 Å². The summed E-state index contributed by atoms with van der Waals surface area (Å²) in [4.78, 5) is 0. The molecule has 0 aliphatic rings. The summed E-state index contributed by atoms with van der Waals surface area (Å²) in [6.07, 6.45) is 0. The highest BCUT2D eigenvalue weighted by molar-refractivity contribution is 5.74. The van der Waals surface area contributed by atoms with E-state index in [4.69, 9.17) is 0 Å². The molecule has 0 saturated carbocycles. The van der Waals surface area contributed by atoms with Gasteiger partial charge in [0.25, 0.3) is 0 Å². The van der Waals surface area contributed by atoms with Crippen LogP contribution in [0.4, 0.5) is 17.6 Å². The van der Waals surface area contributed by atoms with E-state index in [1.807, 2.05) is 31.2 Å². The lowest BCUT2D eigenvalue weighted by Gasteiger charge is -2.10. The molecular weight excluding hydrogens is 388 g/mol. The van der Waals surface area contributed by atoms with Crippen molar-refractivity contribution in [2.45, 2.75) is 13.8 Å². The maximum Gasteiger partial charge on any atom is 0.131 e. The number of hydrogen-bond donors (Lipinski definition) is 0. The van der Waals surface area contributed by atoms with Crippen molar-refractivity contribution in [3.8, 4) is 33.4 Å². The molecule has 0 aliphatic carbocycles. The smallest absolute Gasteiger partial charge is 0.131 e. The van der Waals surface area contributed by atoms with Crippen LogP contribution in [0.25, 0.3) is 33.4 Å². The lowest BCUT2D eigenvalue weighted by molar-refractivity contribution is 0.568. The highest BCUT2D eigenvalue weighted by Crippen LogP contribution is 2.32. The first-order chi connectivity index (χ1) is 14.3. The van der Waals surface area contributed by atoms with Gasteiger partial charge in [0, 0.05) is 16.7 Å². The molecule has 0 aliphatic heterocycles. The van der Waals surface area contributed by atoms with E-state index in [1.165, 1.54) is 31.2 Å². The molecule has 4 aromatic rings. The zero-order chi connectivity index (χ0) is 21.4. The molecule has 0 heterocycles. The summed E-state index contributed by atoms with van der Waals surface area (Å²) < 4.78 is 57.2. The van der Waals surface area contributed by atoms with Gasteiger partial charge in [-0.25, -0.2) is 17.6 Å². The average Bonchev–Trinajstić information content (AvgIpc) is 2.72. The van der Waals surface area contributed by atoms with Crippen molar-refractivity contribution in [2.75, 3.05) is 0 Å². The number of halogens is 4. The third-order valence-electron chi connectivity index (χ3n) is 5.23. The summed E-state index contributed by atoms with van der Waals surface area (Å²) in [5, 5.41) is 0. The second-order valence-corrected chi connectivity index (χ2v) is 7.32. The van der Waals surface area contributed by atoms with Gasteiger partial charge < -0.3 is 0 Å². The quantitative estimate of drug-likeness (QED) is 0.304. The third kappa shape index (κ3) is 3.73. The van der Waals surface area contributed by atoms with Crippen LogP contribution >= 0.6 is 0 Å². The van der Waals surface area contributed by atoms with Crippen LogP contribution in [0.2, 0.25) is 0 Å². The molecule has 4 rings (SSSR count). The summed E-state index contributed by atoms with van der Waals surface area (Å²) in [7, 11) is 0. The van der Waals surface area contributed by atoms with Crippen LogP contribution in [0.1, 0.15) is 11.1 Å². The number of benzene rings is 4. The van der Waals surface area contributed by atoms with Crippen LogP contribution in [0.15, 0.2) is 72.8 Å². The monoisotopic (exact) mass is 406 g/mol. The van der Waals surface area contributed by atoms with Gasteiger partial charge >= 0.3 is 0 Å². The fourth-order valence-corrected chi connectivity index (χ4v) is 3.39. The Morgan fingerprint density at radius 2 is 0.867 bits per heavy atom. The van der Waals surface area contributed by atoms with Gasteiger partial charge in [0.1, 0.15) is 23.3 Å². The van der Waals surface area contributed by atoms with Gasteiger partial charge in [-0.1, -0.05) is 54.1 Å². The van der Waals surface area contributed by atoms with E-state index in [-0.39, 0.29) is 22.3 Å². The van der Waals surface area contributed by atoms with Gasteiger partial charge in [-0.3, -0.25) is 0 Å². The largest absolute Gasteiger partial charge is 0.207 e. The summed E-state index contributed by atoms with van der Waals surface area (Å²) in [5.74, 6) is -2.65. The Balaban J connectivity index is 1.70. The van der Waals surface area contributed by atoms with E-state index < -0.39 is 23.3 Å². The van der Waals surface area contributed by atoms with Crippen molar-refractivity contribution in [1.29, 1.82) is 0 Å². The van der Waals surface area contributed by atoms with E-state index in [1.54, 1.807) is 12.1 Å². The van der Waals surface area contributed by atoms with Crippen LogP contribution in [0.3, 0.4) is 0 Å². The van der Waals surface area contributed by atoms with E-state index in [0.29, 0.717) is 5.56 Å². The number of rotatable bonds is 3. The van der Waals surface area contributed by atoms with Gasteiger partial charge in [-0.05, 0) is 60.4 Å². The van der Waals surface area contributed by atoms with E-state index in [9.17, 15) is 17.6 Å². The predicted octanol–water partition coefficient (Wildman–Crippen LogP) is 7.86. The zero-order valence-electron chi connectivity index (χ0n) is 16.4. The average molecular weight is 406 g/mol. The Morgan fingerprint density at radius 3 is 1.43 bits per heavy atom. The molecule has 0 bridgehead atoms. The molecule has 0 unspecified atom stereocenters. The Bertz CT molecular complexity index is 1220. The molecule has 0 saturated heterocycles. The third-order valence-corrected chi connectivity index (χ3v) is 5.23. The minimum Gasteiger partial charge on any atom is -0.207 e. The van der Waals surface area contributed by atoms with Crippen molar-refractivity contribution in [1.82, 2.24) is 0 Å². The van der Waals surface area contributed by atoms with E-state index in [2.05, 4.69) is 0 Å². The first kappa shape index (κ1) is 19.9. The normalized spacial score (nSPS) is 11.0. The number of hydrogen-bond acceptors (Lipinski definition) is 0. The van der Waals surface area contributed by atoms with Crippen LogP contribution < -0.4 is 0 Å². The lowest BCUT2D eigenvalue weighted by atomic mass is 9.96. The second-order valence-electron chi connectivity index (χ2n) is 7.32. The summed E-state index contributed by atoms with van der Waals surface area (Å²) in [5.41, 5.74) is 3.33. The van der Waals surface area contributed by atoms with Crippen LogP contribution in [-0.4, -0.2) is 0 Å². The topological polar surface area (TPSA) is 0 Å². The van der Waals surface area contributed by atoms with Gasteiger partial charge in [-0.2, -0.15) is 0 Å². The molecule has 0 aromatic heterocycles. The molecule has 0 spiro atoms. The molecule has 4 heteroatoms. The summed E-state index contributed by atoms with van der Waals surface area (Å²) in [6, 6.07) is 18.8. The first-order valence-electron chi connectivity index (χ1n) is 9.46. The molecule has 150 valence electrons. The minimum absolute atomic E-state index is 0.0493. The maximum absolute atomic E-state index is 14.8. The standard InChI is InChI=1S/C26H18F4/c1-15-3-5-17(6-4-15)18-7-9-21(25(29)11-18)19-8-10-22(26(30)12-19)20-13-23(27)16(2)24(28)14-20/h3-14H,1-2H3. The maximum atomic E-state index is 14.8. The van der Waals surface area contributed by atoms with Crippen molar-refractivity contribution < 1.29 is 17.6 Å². The first-order valence-corrected chi connectivity index (χ1v) is 9.46. The Morgan fingerprint density at radius 1 is 0.433 bits per heavy atom. The molecule has 30 heavy (non-hydrogen) atoms. The van der Waals surface area contributed by atoms with Gasteiger partial charge in [0.2, 0.25) is 0 Å². The van der Waals surface area contributed by atoms with Crippen LogP contribution in [-0.2, 0) is 0 Å². The molecule has 0 nitrogen and oxygen atoms in total. The molecule has 0 N–H and O–H groups in total. The second kappa shape index (κ2) is 7.79. The van der Waals surface area contributed by atoms with Gasteiger partial charge in [0.05, 0.1) is 0 Å². The Labute approximate surface area is 172 Å². The minimum atomic E-state index is -0.744. The van der Waals surface area contributed by atoms with E-state index in [0.717, 1.165) is 28.8 Å². The van der Waals surface area contributed by atoms with Crippen molar-refractivity contribution in [2.24, 2.45) is 0 Å². The fourth-order valence-electron chi connectivity index (χ4n) is 3.39. The van der Waals surface area contributed by atoms with Gasteiger partial charge in [-0.15, -0.1) is 0 Å². The van der Waals surface area contributed by atoms with Crippen molar-refractivity contribution in [3.05, 3.63) is 107 Å². The Kier molecular flexibility index (Phi) is 5.17. The molecule has 0 radical (unpaired) electrons. The fraction of sp³-hybridized carbons (Fsp3) is 0.0769. The molecule has 0 fully saturated rings. The van der Waals surface area contributed by atoms with Gasteiger partial charge in [0.15, 0.2) is 0 Å². The van der Waals surface area contributed by atoms with Crippen molar-refractivity contribution >= 4 is 0 Å². The lowest BCUT2D eigenvalue weighted by Crippen LogP contribution is -1.93. The van der Waals surface area contributed by atoms with E-state index >= 15 is 0 Å². The SMILES string of the molecule is Cc1ccc(-c2ccc(-c3ccc(-c4cc(F)c(C)c(F)c4)c(F)c3)c(F)c2)cc1. The van der Waals surface area contributed by atoms with Crippen molar-refractivity contribution in [3.63, 3.8) is 0 Å². The predicted molar refractivity (Wildman–Crippen MR) is 112 cm³/mol. The molecule has 0 amide bonds. The molecule has 4 aromatic carbocycles. The molecule has 0 atom stereocenters. The summed E-state index contributed by atoms with van der Waals surface area (Å²) >= 11 is 0. The highest BCUT2D eigenvalue weighted by atomic mass is 19.1. The highest BCUT2D eigenvalue weighted by Gasteiger charge is 2.14. The zero-order valence-corrected chi connectivity index (χ0v) is 16.4. The molecular formula is C26H18F4. The van der Waals surface area contributed by atoms with Crippen LogP contribution in [0.5, 0.6) is 0 Å². The number of aryl methyl sites for hydroxylation is 1. The summed E-state index contributed by atoms with van der Waals surface area (Å²) in [6.45, 7) is 3.29.